The molecule has 1 atom stereocenters. The van der Waals surface area contributed by atoms with Gasteiger partial charge in [-0.1, -0.05) is 29.8 Å². The molecule has 1 saturated heterocycles. The summed E-state index contributed by atoms with van der Waals surface area (Å²) in [5.74, 6) is 0.896. The third-order valence-electron chi connectivity index (χ3n) is 9.37. The number of hydrogen-bond acceptors (Lipinski definition) is 7. The molecule has 3 aromatic carbocycles. The zero-order valence-corrected chi connectivity index (χ0v) is 28.6. The van der Waals surface area contributed by atoms with Crippen molar-refractivity contribution >= 4 is 37.7 Å². The van der Waals surface area contributed by atoms with Crippen LogP contribution in [0.2, 0.25) is 0 Å². The third kappa shape index (κ3) is 6.00. The van der Waals surface area contributed by atoms with Crippen LogP contribution in [0.5, 0.6) is 5.75 Å². The quantitative estimate of drug-likeness (QED) is 0.215. The Balaban J connectivity index is 1.12. The SMILES string of the molecule is Cc1ccc(S(=O)(=O)n2ccc3c(-c4ccc5nc(-c6ccc(OCCN7CCN(C)C(=O)[C@@H]7C)cc6)ccc5c4)cn(C)c(=O)c32)cc1. The minimum absolute atomic E-state index is 0.102. The minimum Gasteiger partial charge on any atom is -0.492 e. The second-order valence-corrected chi connectivity index (χ2v) is 14.4. The summed E-state index contributed by atoms with van der Waals surface area (Å²) in [5, 5.41) is 1.46. The molecule has 1 aliphatic heterocycles. The number of likely N-dealkylation sites (N-methyl/N-ethyl adjacent to an activating group) is 1. The maximum Gasteiger partial charge on any atom is 0.275 e. The highest BCUT2D eigenvalue weighted by Crippen LogP contribution is 2.32. The van der Waals surface area contributed by atoms with Crippen molar-refractivity contribution in [3.63, 3.8) is 0 Å². The average molecular weight is 676 g/mol. The standard InChI is InChI=1S/C38H37N5O5S/c1-25-5-13-31(14-6-25)49(46,47)43-18-17-32-33(24-41(4)38(45)36(32)43)28-9-15-35-29(23-28)10-16-34(39-35)27-7-11-30(12-8-27)48-22-21-42-20-19-40(3)37(44)26(42)2/h5-18,23-24,26H,19-22H2,1-4H3/t26-/m0/s1. The highest BCUT2D eigenvalue weighted by molar-refractivity contribution is 7.90. The van der Waals surface area contributed by atoms with Gasteiger partial charge in [-0.15, -0.1) is 0 Å². The molecule has 1 fully saturated rings. The van der Waals surface area contributed by atoms with Gasteiger partial charge in [-0.25, -0.2) is 17.4 Å². The monoisotopic (exact) mass is 675 g/mol. The van der Waals surface area contributed by atoms with E-state index in [0.29, 0.717) is 18.5 Å². The van der Waals surface area contributed by atoms with E-state index in [4.69, 9.17) is 9.72 Å². The Hall–Kier alpha value is -5.26. The number of aryl methyl sites for hydroxylation is 2. The number of amides is 1. The lowest BCUT2D eigenvalue weighted by Gasteiger charge is -2.37. The van der Waals surface area contributed by atoms with Crippen LogP contribution in [0.15, 0.2) is 107 Å². The van der Waals surface area contributed by atoms with E-state index >= 15 is 0 Å². The molecule has 4 heterocycles. The van der Waals surface area contributed by atoms with Crippen LogP contribution in [0.3, 0.4) is 0 Å². The zero-order chi connectivity index (χ0) is 34.4. The summed E-state index contributed by atoms with van der Waals surface area (Å²) in [4.78, 5) is 34.5. The molecule has 7 rings (SSSR count). The predicted octanol–water partition coefficient (Wildman–Crippen LogP) is 5.31. The molecule has 0 N–H and O–H groups in total. The smallest absolute Gasteiger partial charge is 0.275 e. The molecule has 6 aromatic rings. The van der Waals surface area contributed by atoms with Gasteiger partial charge in [-0.3, -0.25) is 14.5 Å². The maximum absolute atomic E-state index is 13.6. The summed E-state index contributed by atoms with van der Waals surface area (Å²) in [6.45, 7) is 6.56. The van der Waals surface area contributed by atoms with E-state index in [9.17, 15) is 18.0 Å². The molecule has 49 heavy (non-hydrogen) atoms. The number of benzene rings is 3. The Morgan fingerprint density at radius 3 is 2.37 bits per heavy atom. The van der Waals surface area contributed by atoms with Gasteiger partial charge < -0.3 is 14.2 Å². The van der Waals surface area contributed by atoms with E-state index in [1.807, 2.05) is 75.5 Å². The molecular formula is C38H37N5O5S. The fraction of sp³-hybridized carbons (Fsp3) is 0.237. The Labute approximate surface area is 284 Å². The van der Waals surface area contributed by atoms with Crippen LogP contribution in [0, 0.1) is 6.92 Å². The van der Waals surface area contributed by atoms with Crippen LogP contribution < -0.4 is 10.3 Å². The lowest BCUT2D eigenvalue weighted by molar-refractivity contribution is -0.139. The number of piperazine rings is 1. The van der Waals surface area contributed by atoms with Gasteiger partial charge in [0.1, 0.15) is 17.9 Å². The Kier molecular flexibility index (Phi) is 8.33. The van der Waals surface area contributed by atoms with Crippen molar-refractivity contribution in [2.45, 2.75) is 24.8 Å². The molecule has 250 valence electrons. The number of rotatable bonds is 8. The first kappa shape index (κ1) is 32.3. The van der Waals surface area contributed by atoms with Gasteiger partial charge in [-0.05, 0) is 80.1 Å². The molecular weight excluding hydrogens is 639 g/mol. The van der Waals surface area contributed by atoms with Crippen molar-refractivity contribution in [2.24, 2.45) is 7.05 Å². The summed E-state index contributed by atoms with van der Waals surface area (Å²) in [5.41, 5.74) is 4.80. The van der Waals surface area contributed by atoms with E-state index in [-0.39, 0.29) is 22.4 Å². The van der Waals surface area contributed by atoms with E-state index < -0.39 is 15.6 Å². The molecule has 0 unspecified atom stereocenters. The highest BCUT2D eigenvalue weighted by Gasteiger charge is 2.29. The van der Waals surface area contributed by atoms with E-state index in [2.05, 4.69) is 4.90 Å². The number of ether oxygens (including phenoxy) is 1. The van der Waals surface area contributed by atoms with E-state index in [1.54, 1.807) is 48.5 Å². The number of fused-ring (bicyclic) bond motifs is 2. The van der Waals surface area contributed by atoms with Crippen LogP contribution in [-0.4, -0.2) is 77.0 Å². The van der Waals surface area contributed by atoms with Crippen LogP contribution in [0.4, 0.5) is 0 Å². The molecule has 1 aliphatic rings. The van der Waals surface area contributed by atoms with Gasteiger partial charge in [0.2, 0.25) is 5.91 Å². The van der Waals surface area contributed by atoms with Crippen LogP contribution >= 0.6 is 0 Å². The Bertz CT molecular complexity index is 2380. The number of aromatic nitrogens is 3. The Morgan fingerprint density at radius 1 is 0.878 bits per heavy atom. The second kappa shape index (κ2) is 12.6. The first-order valence-corrected chi connectivity index (χ1v) is 17.6. The number of carbonyl (C=O) groups excluding carboxylic acids is 1. The molecule has 11 heteroatoms. The fourth-order valence-corrected chi connectivity index (χ4v) is 7.75. The molecule has 0 radical (unpaired) electrons. The van der Waals surface area contributed by atoms with E-state index in [0.717, 1.165) is 61.7 Å². The molecule has 0 spiro atoms. The maximum atomic E-state index is 13.6. The van der Waals surface area contributed by atoms with Gasteiger partial charge in [0.05, 0.1) is 22.1 Å². The topological polar surface area (TPSA) is 107 Å². The van der Waals surface area contributed by atoms with Crippen LogP contribution in [0.1, 0.15) is 12.5 Å². The molecule has 10 nitrogen and oxygen atoms in total. The lowest BCUT2D eigenvalue weighted by atomic mass is 10.0. The number of carbonyl (C=O) groups is 1. The number of nitrogens with zero attached hydrogens (tertiary/aromatic N) is 5. The van der Waals surface area contributed by atoms with Crippen LogP contribution in [-0.2, 0) is 21.9 Å². The minimum atomic E-state index is -3.99. The van der Waals surface area contributed by atoms with Gasteiger partial charge >= 0.3 is 0 Å². The Morgan fingerprint density at radius 2 is 1.61 bits per heavy atom. The molecule has 0 saturated carbocycles. The van der Waals surface area contributed by atoms with Crippen molar-refractivity contribution < 1.29 is 17.9 Å². The van der Waals surface area contributed by atoms with Crippen molar-refractivity contribution in [1.82, 2.24) is 23.3 Å². The van der Waals surface area contributed by atoms with E-state index in [1.165, 1.54) is 10.8 Å². The third-order valence-corrected chi connectivity index (χ3v) is 11.1. The number of pyridine rings is 2. The summed E-state index contributed by atoms with van der Waals surface area (Å²) in [6.07, 6.45) is 3.19. The molecule has 3 aromatic heterocycles. The fourth-order valence-electron chi connectivity index (χ4n) is 6.40. The predicted molar refractivity (Wildman–Crippen MR) is 191 cm³/mol. The van der Waals surface area contributed by atoms with Gasteiger partial charge in [0.25, 0.3) is 15.6 Å². The van der Waals surface area contributed by atoms with Crippen LogP contribution in [0.25, 0.3) is 44.2 Å². The summed E-state index contributed by atoms with van der Waals surface area (Å²) in [7, 11) is -0.522. The summed E-state index contributed by atoms with van der Waals surface area (Å²) < 4.78 is 35.7. The first-order valence-electron chi connectivity index (χ1n) is 16.2. The summed E-state index contributed by atoms with van der Waals surface area (Å²) in [6, 6.07) is 25.8. The second-order valence-electron chi connectivity index (χ2n) is 12.6. The zero-order valence-electron chi connectivity index (χ0n) is 27.8. The molecule has 0 bridgehead atoms. The molecule has 0 aliphatic carbocycles. The van der Waals surface area contributed by atoms with Crippen molar-refractivity contribution in [1.29, 1.82) is 0 Å². The summed E-state index contributed by atoms with van der Waals surface area (Å²) >= 11 is 0. The normalized spacial score (nSPS) is 15.7. The first-order chi connectivity index (χ1) is 23.5. The van der Waals surface area contributed by atoms with Gasteiger partial charge in [0, 0.05) is 68.0 Å². The van der Waals surface area contributed by atoms with Crippen molar-refractivity contribution in [3.05, 3.63) is 113 Å². The van der Waals surface area contributed by atoms with Gasteiger partial charge in [-0.2, -0.15) is 0 Å². The van der Waals surface area contributed by atoms with Crippen molar-refractivity contribution in [2.75, 3.05) is 33.3 Å². The van der Waals surface area contributed by atoms with Gasteiger partial charge in [0.15, 0.2) is 0 Å². The number of hydrogen-bond donors (Lipinski definition) is 0. The molecule has 1 amide bonds. The lowest BCUT2D eigenvalue weighted by Crippen LogP contribution is -2.55. The highest BCUT2D eigenvalue weighted by atomic mass is 32.2. The largest absolute Gasteiger partial charge is 0.492 e. The average Bonchev–Trinajstić information content (AvgIpc) is 3.57. The van der Waals surface area contributed by atoms with Crippen molar-refractivity contribution in [3.8, 4) is 28.1 Å².